The Hall–Kier alpha value is -4.17. The normalized spacial score (nSPS) is 12.0. The molecule has 0 unspecified atom stereocenters. The van der Waals surface area contributed by atoms with Gasteiger partial charge in [-0.3, -0.25) is 9.10 Å². The van der Waals surface area contributed by atoms with Crippen LogP contribution in [0.5, 0.6) is 5.75 Å². The van der Waals surface area contributed by atoms with Crippen LogP contribution in [0.1, 0.15) is 29.7 Å². The molecule has 0 spiro atoms. The molecule has 6 nitrogen and oxygen atoms in total. The van der Waals surface area contributed by atoms with Gasteiger partial charge in [-0.25, -0.2) is 12.8 Å². The Kier molecular flexibility index (Phi) is 8.43. The number of ether oxygens (including phenoxy) is 1. The van der Waals surface area contributed by atoms with Crippen molar-refractivity contribution in [2.24, 2.45) is 0 Å². The van der Waals surface area contributed by atoms with E-state index in [4.69, 9.17) is 4.74 Å². The van der Waals surface area contributed by atoms with Gasteiger partial charge < -0.3 is 10.1 Å². The smallest absolute Gasteiger partial charge is 0.264 e. The topological polar surface area (TPSA) is 75.7 Å². The van der Waals surface area contributed by atoms with Crippen molar-refractivity contribution in [3.8, 4) is 5.75 Å². The molecule has 1 amide bonds. The van der Waals surface area contributed by atoms with Crippen LogP contribution in [0.4, 0.5) is 10.1 Å². The number of hydrogen-bond donors (Lipinski definition) is 1. The summed E-state index contributed by atoms with van der Waals surface area (Å²) in [5.41, 5.74) is 2.91. The fraction of sp³-hybridized carbons (Fsp3) is 0.167. The quantitative estimate of drug-likeness (QED) is 0.287. The molecule has 0 aliphatic rings. The lowest BCUT2D eigenvalue weighted by Gasteiger charge is -2.27. The van der Waals surface area contributed by atoms with E-state index in [1.165, 1.54) is 24.3 Å². The maximum absolute atomic E-state index is 13.7. The zero-order valence-electron chi connectivity index (χ0n) is 21.2. The maximum atomic E-state index is 13.7. The van der Waals surface area contributed by atoms with E-state index in [0.717, 1.165) is 33.1 Å². The van der Waals surface area contributed by atoms with Crippen molar-refractivity contribution in [1.29, 1.82) is 0 Å². The van der Waals surface area contributed by atoms with Crippen LogP contribution in [0.15, 0.2) is 108 Å². The molecule has 0 heterocycles. The lowest BCUT2D eigenvalue weighted by Crippen LogP contribution is -2.42. The molecular weight excluding hydrogens is 503 g/mol. The molecule has 4 rings (SSSR count). The van der Waals surface area contributed by atoms with Crippen LogP contribution in [0.3, 0.4) is 0 Å². The fourth-order valence-corrected chi connectivity index (χ4v) is 5.58. The van der Waals surface area contributed by atoms with E-state index in [1.54, 1.807) is 12.1 Å². The number of nitrogens with zero attached hydrogens (tertiary/aromatic N) is 1. The van der Waals surface area contributed by atoms with Gasteiger partial charge in [-0.2, -0.15) is 0 Å². The van der Waals surface area contributed by atoms with Crippen molar-refractivity contribution < 1.29 is 22.3 Å². The summed E-state index contributed by atoms with van der Waals surface area (Å²) in [6, 6.07) is 27.6. The lowest BCUT2D eigenvalue weighted by molar-refractivity contribution is -0.120. The van der Waals surface area contributed by atoms with Gasteiger partial charge >= 0.3 is 0 Å². The molecule has 0 aromatic heterocycles. The highest BCUT2D eigenvalue weighted by molar-refractivity contribution is 7.92. The number of nitrogens with one attached hydrogen (secondary N) is 1. The Morgan fingerprint density at radius 2 is 1.53 bits per heavy atom. The van der Waals surface area contributed by atoms with E-state index < -0.39 is 34.3 Å². The second kappa shape index (κ2) is 11.9. The molecule has 0 saturated heterocycles. The number of anilines is 1. The highest BCUT2D eigenvalue weighted by atomic mass is 32.2. The first kappa shape index (κ1) is 26.9. The van der Waals surface area contributed by atoms with Crippen molar-refractivity contribution >= 4 is 21.6 Å². The van der Waals surface area contributed by atoms with Gasteiger partial charge in [-0.05, 0) is 79.1 Å². The lowest BCUT2D eigenvalue weighted by atomic mass is 9.95. The largest absolute Gasteiger partial charge is 0.494 e. The number of amides is 1. The third-order valence-electron chi connectivity index (χ3n) is 6.06. The molecule has 1 atom stereocenters. The minimum atomic E-state index is -4.17. The molecule has 0 bridgehead atoms. The molecule has 0 aliphatic heterocycles. The molecule has 0 aliphatic carbocycles. The van der Waals surface area contributed by atoms with E-state index >= 15 is 0 Å². The van der Waals surface area contributed by atoms with Gasteiger partial charge in [0.15, 0.2) is 0 Å². The molecule has 1 N–H and O–H groups in total. The summed E-state index contributed by atoms with van der Waals surface area (Å²) < 4.78 is 47.5. The third kappa shape index (κ3) is 6.20. The molecule has 8 heteroatoms. The molecule has 4 aromatic rings. The number of sulfonamides is 1. The van der Waals surface area contributed by atoms with Gasteiger partial charge in [0.25, 0.3) is 10.0 Å². The van der Waals surface area contributed by atoms with Crippen molar-refractivity contribution in [1.82, 2.24) is 5.32 Å². The van der Waals surface area contributed by atoms with Crippen molar-refractivity contribution in [2.45, 2.75) is 24.8 Å². The molecule has 0 radical (unpaired) electrons. The Balaban J connectivity index is 1.68. The zero-order chi connectivity index (χ0) is 27.1. The Morgan fingerprint density at radius 1 is 0.895 bits per heavy atom. The number of carbonyl (C=O) groups excluding carboxylic acids is 1. The summed E-state index contributed by atoms with van der Waals surface area (Å²) in [6.07, 6.45) is 0. The first-order chi connectivity index (χ1) is 18.3. The number of carbonyl (C=O) groups is 1. The second-order valence-electron chi connectivity index (χ2n) is 8.66. The fourth-order valence-electron chi connectivity index (χ4n) is 4.16. The highest BCUT2D eigenvalue weighted by Crippen LogP contribution is 2.27. The van der Waals surface area contributed by atoms with Gasteiger partial charge in [0, 0.05) is 0 Å². The Bertz CT molecular complexity index is 1480. The van der Waals surface area contributed by atoms with E-state index in [2.05, 4.69) is 5.32 Å². The molecule has 4 aromatic carbocycles. The summed E-state index contributed by atoms with van der Waals surface area (Å²) >= 11 is 0. The summed E-state index contributed by atoms with van der Waals surface area (Å²) in [5.74, 6) is -0.497. The number of aryl methyl sites for hydroxylation is 1. The summed E-state index contributed by atoms with van der Waals surface area (Å²) in [7, 11) is -4.17. The van der Waals surface area contributed by atoms with Gasteiger partial charge in [-0.1, -0.05) is 54.6 Å². The molecule has 196 valence electrons. The van der Waals surface area contributed by atoms with Crippen LogP contribution in [0.2, 0.25) is 0 Å². The minimum absolute atomic E-state index is 0.0170. The number of halogens is 1. The summed E-state index contributed by atoms with van der Waals surface area (Å²) in [5, 5.41) is 3.01. The molecular formula is C30H29FN2O4S. The van der Waals surface area contributed by atoms with Gasteiger partial charge in [0.05, 0.1) is 23.2 Å². The minimum Gasteiger partial charge on any atom is -0.494 e. The first-order valence-corrected chi connectivity index (χ1v) is 13.6. The van der Waals surface area contributed by atoms with Crippen molar-refractivity contribution in [3.05, 3.63) is 126 Å². The van der Waals surface area contributed by atoms with Crippen LogP contribution in [-0.2, 0) is 14.8 Å². The third-order valence-corrected chi connectivity index (χ3v) is 7.85. The van der Waals surface area contributed by atoms with Crippen LogP contribution < -0.4 is 14.4 Å². The average molecular weight is 533 g/mol. The predicted molar refractivity (Wildman–Crippen MR) is 146 cm³/mol. The van der Waals surface area contributed by atoms with Crippen LogP contribution in [0, 0.1) is 12.7 Å². The molecule has 0 fully saturated rings. The first-order valence-electron chi connectivity index (χ1n) is 12.2. The van der Waals surface area contributed by atoms with E-state index in [-0.39, 0.29) is 10.6 Å². The van der Waals surface area contributed by atoms with E-state index in [9.17, 15) is 17.6 Å². The summed E-state index contributed by atoms with van der Waals surface area (Å²) in [6.45, 7) is 3.73. The van der Waals surface area contributed by atoms with Gasteiger partial charge in [0.1, 0.15) is 18.1 Å². The number of rotatable bonds is 10. The standard InChI is InChI=1S/C30H29FN2O4S/c1-3-37-26-17-19-27(20-18-26)38(35,36)33(25-15-13-24(31)14-16-25)21-29(34)32-30(23-10-5-4-6-11-23)28-12-8-7-9-22(28)2/h4-20,30H,3,21H2,1-2H3,(H,32,34)/t30-/m0/s1. The average Bonchev–Trinajstić information content (AvgIpc) is 2.92. The maximum Gasteiger partial charge on any atom is 0.264 e. The molecule has 0 saturated carbocycles. The Labute approximate surface area is 222 Å². The van der Waals surface area contributed by atoms with Crippen molar-refractivity contribution in [3.63, 3.8) is 0 Å². The number of hydrogen-bond acceptors (Lipinski definition) is 4. The second-order valence-corrected chi connectivity index (χ2v) is 10.5. The zero-order valence-corrected chi connectivity index (χ0v) is 22.0. The van der Waals surface area contributed by atoms with Gasteiger partial charge in [0.2, 0.25) is 5.91 Å². The molecule has 38 heavy (non-hydrogen) atoms. The summed E-state index contributed by atoms with van der Waals surface area (Å²) in [4.78, 5) is 13.5. The van der Waals surface area contributed by atoms with Crippen LogP contribution in [0.25, 0.3) is 0 Å². The van der Waals surface area contributed by atoms with Crippen molar-refractivity contribution in [2.75, 3.05) is 17.5 Å². The predicted octanol–water partition coefficient (Wildman–Crippen LogP) is 5.63. The number of benzene rings is 4. The van der Waals surface area contributed by atoms with E-state index in [0.29, 0.717) is 12.4 Å². The van der Waals surface area contributed by atoms with E-state index in [1.807, 2.05) is 68.4 Å². The Morgan fingerprint density at radius 3 is 2.16 bits per heavy atom. The SMILES string of the molecule is CCOc1ccc(S(=O)(=O)N(CC(=O)N[C@@H](c2ccccc2)c2ccccc2C)c2ccc(F)cc2)cc1. The van der Waals surface area contributed by atoms with Gasteiger partial charge in [-0.15, -0.1) is 0 Å². The highest BCUT2D eigenvalue weighted by Gasteiger charge is 2.29. The van der Waals surface area contributed by atoms with Crippen LogP contribution >= 0.6 is 0 Å². The monoisotopic (exact) mass is 532 g/mol. The van der Waals surface area contributed by atoms with Crippen LogP contribution in [-0.4, -0.2) is 27.5 Å².